The molecule has 1 aromatic carbocycles. The molecule has 204 valence electrons. The second-order valence-electron chi connectivity index (χ2n) is 8.62. The van der Waals surface area contributed by atoms with Crippen LogP contribution in [-0.4, -0.2) is 62.9 Å². The minimum absolute atomic E-state index is 0.131. The van der Waals surface area contributed by atoms with Gasteiger partial charge in [-0.3, -0.25) is 13.9 Å². The van der Waals surface area contributed by atoms with Crippen LogP contribution in [0.2, 0.25) is 0 Å². The first kappa shape index (κ1) is 27.7. The SMILES string of the molecule is COCCO[C@@H](Cn1c(=O)n(C(C)C(O)O)c(=O)c2c(C)c(-n3cccn3)sc21)c1cc(F)ccc1OC. The van der Waals surface area contributed by atoms with Gasteiger partial charge in [0.1, 0.15) is 27.5 Å². The van der Waals surface area contributed by atoms with Gasteiger partial charge in [0, 0.05) is 30.6 Å². The van der Waals surface area contributed by atoms with Crippen LogP contribution in [0.25, 0.3) is 15.2 Å². The minimum Gasteiger partial charge on any atom is -0.496 e. The molecular weight excluding hydrogens is 519 g/mol. The zero-order chi connectivity index (χ0) is 27.6. The Labute approximate surface area is 220 Å². The highest BCUT2D eigenvalue weighted by Crippen LogP contribution is 2.34. The van der Waals surface area contributed by atoms with Crippen LogP contribution in [0.5, 0.6) is 5.75 Å². The molecule has 13 heteroatoms. The number of hydrogen-bond acceptors (Lipinski definition) is 9. The highest BCUT2D eigenvalue weighted by Gasteiger charge is 2.28. The molecule has 0 aliphatic rings. The number of aliphatic hydroxyl groups excluding tert-OH is 1. The first-order valence-corrected chi connectivity index (χ1v) is 12.6. The lowest BCUT2D eigenvalue weighted by molar-refractivity contribution is -0.0750. The maximum absolute atomic E-state index is 14.3. The summed E-state index contributed by atoms with van der Waals surface area (Å²) >= 11 is 1.18. The van der Waals surface area contributed by atoms with Crippen molar-refractivity contribution in [3.63, 3.8) is 0 Å². The number of aliphatic hydroxyl groups is 2. The van der Waals surface area contributed by atoms with Gasteiger partial charge in [-0.25, -0.2) is 13.9 Å². The Morgan fingerprint density at radius 2 is 1.95 bits per heavy atom. The Bertz CT molecular complexity index is 1530. The van der Waals surface area contributed by atoms with Crippen molar-refractivity contribution in [2.24, 2.45) is 0 Å². The second kappa shape index (κ2) is 11.6. The van der Waals surface area contributed by atoms with Crippen molar-refractivity contribution in [2.75, 3.05) is 27.4 Å². The summed E-state index contributed by atoms with van der Waals surface area (Å²) in [7, 11) is 2.95. The van der Waals surface area contributed by atoms with E-state index in [1.54, 1.807) is 30.1 Å². The summed E-state index contributed by atoms with van der Waals surface area (Å²) in [5, 5.41) is 24.8. The first-order valence-electron chi connectivity index (χ1n) is 11.8. The van der Waals surface area contributed by atoms with Crippen molar-refractivity contribution in [1.29, 1.82) is 0 Å². The van der Waals surface area contributed by atoms with E-state index in [0.717, 1.165) is 4.57 Å². The Morgan fingerprint density at radius 1 is 1.18 bits per heavy atom. The van der Waals surface area contributed by atoms with Crippen LogP contribution in [0.15, 0.2) is 46.2 Å². The van der Waals surface area contributed by atoms with Gasteiger partial charge in [-0.2, -0.15) is 5.10 Å². The van der Waals surface area contributed by atoms with Gasteiger partial charge >= 0.3 is 5.69 Å². The van der Waals surface area contributed by atoms with Crippen LogP contribution in [-0.2, 0) is 16.0 Å². The van der Waals surface area contributed by atoms with Crippen molar-refractivity contribution in [1.82, 2.24) is 18.9 Å². The van der Waals surface area contributed by atoms with E-state index < -0.39 is 35.5 Å². The summed E-state index contributed by atoms with van der Waals surface area (Å²) in [5.41, 5.74) is -0.500. The van der Waals surface area contributed by atoms with Crippen LogP contribution in [0, 0.1) is 12.7 Å². The maximum Gasteiger partial charge on any atom is 0.332 e. The zero-order valence-electron chi connectivity index (χ0n) is 21.3. The largest absolute Gasteiger partial charge is 0.496 e. The Hall–Kier alpha value is -3.36. The molecule has 1 unspecified atom stereocenters. The molecule has 0 radical (unpaired) electrons. The quantitative estimate of drug-likeness (QED) is 0.215. The highest BCUT2D eigenvalue weighted by molar-refractivity contribution is 7.21. The average molecular weight is 549 g/mol. The van der Waals surface area contributed by atoms with E-state index in [4.69, 9.17) is 14.2 Å². The molecular formula is C25H29FN4O7S. The number of aryl methyl sites for hydroxylation is 1. The molecule has 3 heterocycles. The minimum atomic E-state index is -1.96. The summed E-state index contributed by atoms with van der Waals surface area (Å²) in [6, 6.07) is 4.47. The summed E-state index contributed by atoms with van der Waals surface area (Å²) in [6.45, 7) is 3.34. The van der Waals surface area contributed by atoms with E-state index >= 15 is 0 Å². The van der Waals surface area contributed by atoms with E-state index in [2.05, 4.69) is 5.10 Å². The summed E-state index contributed by atoms with van der Waals surface area (Å²) < 4.78 is 34.6. The molecule has 0 bridgehead atoms. The molecule has 0 aliphatic carbocycles. The number of halogens is 1. The third kappa shape index (κ3) is 5.15. The number of fused-ring (bicyclic) bond motifs is 1. The second-order valence-corrected chi connectivity index (χ2v) is 9.60. The molecule has 0 amide bonds. The molecule has 0 aliphatic heterocycles. The number of rotatable bonds is 11. The molecule has 2 N–H and O–H groups in total. The number of thiophene rings is 1. The molecule has 4 aromatic rings. The van der Waals surface area contributed by atoms with E-state index in [1.807, 2.05) is 0 Å². The fraction of sp³-hybridized carbons (Fsp3) is 0.400. The Balaban J connectivity index is 1.98. The van der Waals surface area contributed by atoms with Crippen molar-refractivity contribution >= 4 is 21.6 Å². The highest BCUT2D eigenvalue weighted by atomic mass is 32.1. The summed E-state index contributed by atoms with van der Waals surface area (Å²) in [6.07, 6.45) is 0.461. The smallest absolute Gasteiger partial charge is 0.332 e. The van der Waals surface area contributed by atoms with Crippen LogP contribution >= 0.6 is 11.3 Å². The lowest BCUT2D eigenvalue weighted by atomic mass is 10.1. The van der Waals surface area contributed by atoms with Crippen LogP contribution in [0.3, 0.4) is 0 Å². The predicted octanol–water partition coefficient (Wildman–Crippen LogP) is 2.14. The van der Waals surface area contributed by atoms with Gasteiger partial charge in [0.25, 0.3) is 5.56 Å². The van der Waals surface area contributed by atoms with E-state index in [0.29, 0.717) is 26.7 Å². The Morgan fingerprint density at radius 3 is 2.58 bits per heavy atom. The third-order valence-corrected chi connectivity index (χ3v) is 7.57. The Kier molecular flexibility index (Phi) is 8.43. The lowest BCUT2D eigenvalue weighted by Crippen LogP contribution is -2.45. The number of ether oxygens (including phenoxy) is 3. The fourth-order valence-electron chi connectivity index (χ4n) is 4.25. The van der Waals surface area contributed by atoms with Crippen molar-refractivity contribution in [3.8, 4) is 10.8 Å². The molecule has 0 spiro atoms. The summed E-state index contributed by atoms with van der Waals surface area (Å²) in [5.74, 6) is -0.168. The number of aromatic nitrogens is 4. The third-order valence-electron chi connectivity index (χ3n) is 6.26. The normalized spacial score (nSPS) is 13.4. The number of hydrogen-bond donors (Lipinski definition) is 2. The number of nitrogens with zero attached hydrogens (tertiary/aromatic N) is 4. The molecule has 2 atom stereocenters. The number of methoxy groups -OCH3 is 2. The maximum atomic E-state index is 14.3. The zero-order valence-corrected chi connectivity index (χ0v) is 22.1. The summed E-state index contributed by atoms with van der Waals surface area (Å²) in [4.78, 5) is 27.7. The van der Waals surface area contributed by atoms with Gasteiger partial charge in [0.15, 0.2) is 6.29 Å². The standard InChI is InChI=1S/C25H29FN4O7S/c1-14-20-21(31)30(15(2)24(32)33)25(34)28(23(20)38-22(14)29-9-5-8-27-29)13-19(37-11-10-35-3)17-12-16(26)6-7-18(17)36-4/h5-9,12,15,19,24,32-33H,10-11,13H2,1-4H3/t15?,19-/m0/s1. The topological polar surface area (TPSA) is 130 Å². The fourth-order valence-corrected chi connectivity index (χ4v) is 5.50. The molecule has 0 saturated carbocycles. The van der Waals surface area contributed by atoms with Crippen LogP contribution in [0.4, 0.5) is 4.39 Å². The number of benzene rings is 1. The van der Waals surface area contributed by atoms with Crippen LogP contribution < -0.4 is 16.0 Å². The van der Waals surface area contributed by atoms with Gasteiger partial charge in [0.05, 0.1) is 38.3 Å². The van der Waals surface area contributed by atoms with Gasteiger partial charge < -0.3 is 24.4 Å². The molecule has 3 aromatic heterocycles. The molecule has 11 nitrogen and oxygen atoms in total. The van der Waals surface area contributed by atoms with E-state index in [1.165, 1.54) is 55.2 Å². The van der Waals surface area contributed by atoms with Gasteiger partial charge in [-0.1, -0.05) is 11.3 Å². The van der Waals surface area contributed by atoms with Crippen molar-refractivity contribution in [3.05, 3.63) is 74.4 Å². The van der Waals surface area contributed by atoms with Crippen LogP contribution in [0.1, 0.15) is 30.2 Å². The predicted molar refractivity (Wildman–Crippen MR) is 139 cm³/mol. The molecule has 4 rings (SSSR count). The van der Waals surface area contributed by atoms with Gasteiger partial charge in [0.2, 0.25) is 0 Å². The monoisotopic (exact) mass is 548 g/mol. The van der Waals surface area contributed by atoms with E-state index in [-0.39, 0.29) is 25.1 Å². The molecule has 0 fully saturated rings. The van der Waals surface area contributed by atoms with Gasteiger partial charge in [-0.15, -0.1) is 0 Å². The lowest BCUT2D eigenvalue weighted by Gasteiger charge is -2.24. The van der Waals surface area contributed by atoms with E-state index in [9.17, 15) is 24.2 Å². The molecule has 38 heavy (non-hydrogen) atoms. The first-order chi connectivity index (χ1) is 18.2. The van der Waals surface area contributed by atoms with Gasteiger partial charge in [-0.05, 0) is 38.1 Å². The molecule has 0 saturated heterocycles. The van der Waals surface area contributed by atoms with Crippen molar-refractivity contribution < 1.29 is 28.8 Å². The van der Waals surface area contributed by atoms with Crippen molar-refractivity contribution in [2.45, 2.75) is 38.8 Å². The average Bonchev–Trinajstić information content (AvgIpc) is 3.53.